The minimum Gasteiger partial charge on any atom is -0.322 e. The molecule has 2 aromatic carbocycles. The Morgan fingerprint density at radius 2 is 1.68 bits per heavy atom. The van der Waals surface area contributed by atoms with E-state index < -0.39 is 0 Å². The smallest absolute Gasteiger partial charge is 0.321 e. The molecule has 1 fully saturated rings. The molecule has 25 heavy (non-hydrogen) atoms. The summed E-state index contributed by atoms with van der Waals surface area (Å²) in [5, 5.41) is 12.9. The van der Waals surface area contributed by atoms with E-state index in [1.165, 1.54) is 0 Å². The molecule has 0 saturated carbocycles. The van der Waals surface area contributed by atoms with E-state index in [2.05, 4.69) is 16.3 Å². The van der Waals surface area contributed by atoms with E-state index >= 15 is 0 Å². The first kappa shape index (κ1) is 17.3. The van der Waals surface area contributed by atoms with Crippen LogP contribution in [0.5, 0.6) is 0 Å². The Kier molecular flexibility index (Phi) is 5.54. The lowest BCUT2D eigenvalue weighted by Gasteiger charge is -2.37. The quantitative estimate of drug-likeness (QED) is 0.913. The van der Waals surface area contributed by atoms with E-state index in [9.17, 15) is 10.1 Å². The highest BCUT2D eigenvalue weighted by Gasteiger charge is 2.27. The van der Waals surface area contributed by atoms with Gasteiger partial charge >= 0.3 is 6.03 Å². The fraction of sp³-hybridized carbons (Fsp3) is 0.263. The van der Waals surface area contributed by atoms with Gasteiger partial charge < -0.3 is 10.2 Å². The Morgan fingerprint density at radius 3 is 2.32 bits per heavy atom. The molecule has 3 rings (SSSR count). The molecule has 0 aliphatic carbocycles. The molecule has 0 bridgehead atoms. The van der Waals surface area contributed by atoms with Crippen LogP contribution in [0, 0.1) is 11.3 Å². The fourth-order valence-electron chi connectivity index (χ4n) is 2.94. The number of hydrogen-bond donors (Lipinski definition) is 1. The second-order valence-corrected chi connectivity index (χ2v) is 6.28. The van der Waals surface area contributed by atoms with Gasteiger partial charge in [0.05, 0.1) is 16.8 Å². The summed E-state index contributed by atoms with van der Waals surface area (Å²) in [7, 11) is 0. The van der Waals surface area contributed by atoms with Crippen molar-refractivity contribution in [3.63, 3.8) is 0 Å². The van der Waals surface area contributed by atoms with Crippen LogP contribution in [0.25, 0.3) is 0 Å². The Hall–Kier alpha value is -2.55. The van der Waals surface area contributed by atoms with E-state index in [4.69, 9.17) is 11.6 Å². The number of halogens is 1. The molecule has 1 N–H and O–H groups in total. The van der Waals surface area contributed by atoms with Gasteiger partial charge in [-0.25, -0.2) is 4.79 Å². The Labute approximate surface area is 152 Å². The van der Waals surface area contributed by atoms with Gasteiger partial charge in [0.25, 0.3) is 0 Å². The number of urea groups is 1. The molecular weight excluding hydrogens is 336 g/mol. The van der Waals surface area contributed by atoms with Crippen LogP contribution in [-0.2, 0) is 0 Å². The zero-order valence-corrected chi connectivity index (χ0v) is 14.5. The van der Waals surface area contributed by atoms with E-state index in [0.717, 1.165) is 5.56 Å². The summed E-state index contributed by atoms with van der Waals surface area (Å²) in [5.41, 5.74) is 1.59. The van der Waals surface area contributed by atoms with Gasteiger partial charge in [-0.15, -0.1) is 0 Å². The van der Waals surface area contributed by atoms with Crippen LogP contribution in [0.3, 0.4) is 0 Å². The third-order valence-electron chi connectivity index (χ3n) is 4.32. The SMILES string of the molecule is N#C[C@@H](c1ccccc1)N1CCN(C(=O)Nc2ccccc2Cl)CC1. The van der Waals surface area contributed by atoms with Crippen LogP contribution in [0.15, 0.2) is 54.6 Å². The van der Waals surface area contributed by atoms with Crippen molar-refractivity contribution < 1.29 is 4.79 Å². The lowest BCUT2D eigenvalue weighted by molar-refractivity contribution is 0.131. The molecule has 0 aromatic heterocycles. The van der Waals surface area contributed by atoms with Crippen LogP contribution in [-0.4, -0.2) is 42.0 Å². The van der Waals surface area contributed by atoms with Crippen molar-refractivity contribution in [2.24, 2.45) is 0 Å². The highest BCUT2D eigenvalue weighted by Crippen LogP contribution is 2.23. The number of anilines is 1. The summed E-state index contributed by atoms with van der Waals surface area (Å²) in [5.74, 6) is 0. The largest absolute Gasteiger partial charge is 0.322 e. The molecule has 1 atom stereocenters. The highest BCUT2D eigenvalue weighted by atomic mass is 35.5. The second kappa shape index (κ2) is 8.02. The Morgan fingerprint density at radius 1 is 1.04 bits per heavy atom. The summed E-state index contributed by atoms with van der Waals surface area (Å²) in [6.45, 7) is 2.45. The summed E-state index contributed by atoms with van der Waals surface area (Å²) >= 11 is 6.08. The molecule has 1 aliphatic rings. The summed E-state index contributed by atoms with van der Waals surface area (Å²) in [4.78, 5) is 16.3. The number of benzene rings is 2. The number of piperazine rings is 1. The van der Waals surface area contributed by atoms with Crippen molar-refractivity contribution in [2.75, 3.05) is 31.5 Å². The monoisotopic (exact) mass is 354 g/mol. The highest BCUT2D eigenvalue weighted by molar-refractivity contribution is 6.33. The molecule has 0 unspecified atom stereocenters. The third kappa shape index (κ3) is 4.11. The predicted molar refractivity (Wildman–Crippen MR) is 98.4 cm³/mol. The lowest BCUT2D eigenvalue weighted by atomic mass is 10.1. The van der Waals surface area contributed by atoms with Crippen molar-refractivity contribution in [3.8, 4) is 6.07 Å². The molecule has 5 nitrogen and oxygen atoms in total. The van der Waals surface area contributed by atoms with E-state index in [-0.39, 0.29) is 12.1 Å². The molecule has 1 saturated heterocycles. The molecule has 0 radical (unpaired) electrons. The summed E-state index contributed by atoms with van der Waals surface area (Å²) in [6, 6.07) is 18.8. The van der Waals surface area contributed by atoms with Crippen LogP contribution >= 0.6 is 11.6 Å². The van der Waals surface area contributed by atoms with Crippen molar-refractivity contribution in [3.05, 3.63) is 65.2 Å². The lowest BCUT2D eigenvalue weighted by Crippen LogP contribution is -2.50. The Bertz CT molecular complexity index is 766. The number of nitrogens with zero attached hydrogens (tertiary/aromatic N) is 3. The van der Waals surface area contributed by atoms with Crippen LogP contribution in [0.1, 0.15) is 11.6 Å². The van der Waals surface area contributed by atoms with Gasteiger partial charge in [-0.3, -0.25) is 4.90 Å². The number of carbonyl (C=O) groups is 1. The normalized spacial score (nSPS) is 16.1. The minimum atomic E-state index is -0.282. The maximum absolute atomic E-state index is 12.4. The first-order chi connectivity index (χ1) is 12.2. The van der Waals surface area contributed by atoms with E-state index in [1.807, 2.05) is 42.5 Å². The van der Waals surface area contributed by atoms with Crippen molar-refractivity contribution in [2.45, 2.75) is 6.04 Å². The first-order valence-electron chi connectivity index (χ1n) is 8.18. The maximum atomic E-state index is 12.4. The zero-order chi connectivity index (χ0) is 17.6. The molecular formula is C19H19ClN4O. The average Bonchev–Trinajstić information content (AvgIpc) is 2.66. The fourth-order valence-corrected chi connectivity index (χ4v) is 3.13. The Balaban J connectivity index is 1.59. The topological polar surface area (TPSA) is 59.4 Å². The van der Waals surface area contributed by atoms with Crippen LogP contribution in [0.2, 0.25) is 5.02 Å². The number of carbonyl (C=O) groups excluding carboxylic acids is 1. The first-order valence-corrected chi connectivity index (χ1v) is 8.56. The maximum Gasteiger partial charge on any atom is 0.321 e. The van der Waals surface area contributed by atoms with E-state index in [1.54, 1.807) is 17.0 Å². The molecule has 128 valence electrons. The zero-order valence-electron chi connectivity index (χ0n) is 13.7. The van der Waals surface area contributed by atoms with Gasteiger partial charge in [-0.05, 0) is 17.7 Å². The number of hydrogen-bond acceptors (Lipinski definition) is 3. The van der Waals surface area contributed by atoms with Gasteiger partial charge in [0, 0.05) is 26.2 Å². The van der Waals surface area contributed by atoms with Gasteiger partial charge in [-0.1, -0.05) is 54.1 Å². The summed E-state index contributed by atoms with van der Waals surface area (Å²) < 4.78 is 0. The van der Waals surface area contributed by atoms with Crippen LogP contribution in [0.4, 0.5) is 10.5 Å². The number of rotatable bonds is 3. The number of nitrogens with one attached hydrogen (secondary N) is 1. The van der Waals surface area contributed by atoms with Gasteiger partial charge in [0.1, 0.15) is 6.04 Å². The van der Waals surface area contributed by atoms with Crippen molar-refractivity contribution in [1.82, 2.24) is 9.80 Å². The van der Waals surface area contributed by atoms with Crippen LogP contribution < -0.4 is 5.32 Å². The molecule has 6 heteroatoms. The van der Waals surface area contributed by atoms with Crippen molar-refractivity contribution in [1.29, 1.82) is 5.26 Å². The molecule has 1 heterocycles. The molecule has 0 spiro atoms. The van der Waals surface area contributed by atoms with Gasteiger partial charge in [0.2, 0.25) is 0 Å². The average molecular weight is 355 g/mol. The van der Waals surface area contributed by atoms with E-state index in [0.29, 0.717) is 36.9 Å². The van der Waals surface area contributed by atoms with Gasteiger partial charge in [-0.2, -0.15) is 5.26 Å². The van der Waals surface area contributed by atoms with Crippen molar-refractivity contribution >= 4 is 23.3 Å². The predicted octanol–water partition coefficient (Wildman–Crippen LogP) is 3.75. The number of amides is 2. The number of nitriles is 1. The third-order valence-corrected chi connectivity index (χ3v) is 4.65. The molecule has 2 amide bonds. The standard InChI is InChI=1S/C19H19ClN4O/c20-16-8-4-5-9-17(16)22-19(25)24-12-10-23(11-13-24)18(14-21)15-6-2-1-3-7-15/h1-9,18H,10-13H2,(H,22,25)/t18-/m0/s1. The summed E-state index contributed by atoms with van der Waals surface area (Å²) in [6.07, 6.45) is 0. The second-order valence-electron chi connectivity index (χ2n) is 5.88. The molecule has 1 aliphatic heterocycles. The number of para-hydroxylation sites is 1. The minimum absolute atomic E-state index is 0.166. The van der Waals surface area contributed by atoms with Gasteiger partial charge in [0.15, 0.2) is 0 Å². The molecule has 2 aromatic rings.